The van der Waals surface area contributed by atoms with Gasteiger partial charge in [0.05, 0.1) is 26.2 Å². The molecule has 1 heterocycles. The second-order valence-electron chi connectivity index (χ2n) is 6.04. The van der Waals surface area contributed by atoms with Gasteiger partial charge in [-0.1, -0.05) is 12.1 Å². The van der Waals surface area contributed by atoms with Gasteiger partial charge in [0.15, 0.2) is 11.5 Å². The van der Waals surface area contributed by atoms with E-state index in [2.05, 4.69) is 0 Å². The van der Waals surface area contributed by atoms with Crippen LogP contribution in [0.3, 0.4) is 0 Å². The summed E-state index contributed by atoms with van der Waals surface area (Å²) in [5, 5.41) is 9.66. The summed E-state index contributed by atoms with van der Waals surface area (Å²) < 4.78 is 10.8. The van der Waals surface area contributed by atoms with Crippen molar-refractivity contribution in [3.05, 3.63) is 23.8 Å². The molecule has 2 aliphatic rings. The van der Waals surface area contributed by atoms with Gasteiger partial charge in [-0.15, -0.1) is 0 Å². The van der Waals surface area contributed by atoms with Crippen LogP contribution >= 0.6 is 0 Å². The zero-order chi connectivity index (χ0) is 16.6. The molecule has 0 radical (unpaired) electrons. The minimum atomic E-state index is -0.877. The van der Waals surface area contributed by atoms with E-state index in [0.717, 1.165) is 12.8 Å². The topological polar surface area (TPSA) is 76.1 Å². The number of hydrogen-bond acceptors (Lipinski definition) is 4. The second-order valence-corrected chi connectivity index (χ2v) is 6.04. The summed E-state index contributed by atoms with van der Waals surface area (Å²) >= 11 is 0. The molecule has 1 aliphatic heterocycles. The monoisotopic (exact) mass is 319 g/mol. The molecule has 6 heteroatoms. The number of carboxylic acids is 1. The van der Waals surface area contributed by atoms with Crippen molar-refractivity contribution < 1.29 is 24.2 Å². The maximum absolute atomic E-state index is 12.4. The zero-order valence-corrected chi connectivity index (χ0v) is 13.3. The van der Waals surface area contributed by atoms with Gasteiger partial charge in [-0.05, 0) is 25.3 Å². The van der Waals surface area contributed by atoms with Gasteiger partial charge >= 0.3 is 5.97 Å². The molecule has 1 saturated heterocycles. The molecular weight excluding hydrogens is 298 g/mol. The van der Waals surface area contributed by atoms with Crippen molar-refractivity contribution in [2.45, 2.75) is 37.8 Å². The number of carbonyl (C=O) groups is 2. The maximum atomic E-state index is 12.4. The summed E-state index contributed by atoms with van der Waals surface area (Å²) in [7, 11) is 3.07. The van der Waals surface area contributed by atoms with Gasteiger partial charge in [0.2, 0.25) is 5.91 Å². The number of methoxy groups -OCH3 is 2. The Morgan fingerprint density at radius 3 is 2.52 bits per heavy atom. The van der Waals surface area contributed by atoms with E-state index in [1.54, 1.807) is 24.1 Å². The Bertz CT molecular complexity index is 625. The largest absolute Gasteiger partial charge is 0.493 e. The van der Waals surface area contributed by atoms with Crippen LogP contribution in [0.1, 0.15) is 37.3 Å². The third-order valence-corrected chi connectivity index (χ3v) is 4.65. The number of aliphatic carboxylic acids is 1. The molecule has 1 saturated carbocycles. The minimum absolute atomic E-state index is 0.0277. The van der Waals surface area contributed by atoms with Crippen LogP contribution < -0.4 is 9.47 Å². The third-order valence-electron chi connectivity index (χ3n) is 4.65. The van der Waals surface area contributed by atoms with E-state index < -0.39 is 17.9 Å². The normalized spacial score (nSPS) is 24.4. The van der Waals surface area contributed by atoms with Gasteiger partial charge in [-0.25, -0.2) is 0 Å². The summed E-state index contributed by atoms with van der Waals surface area (Å²) in [6.45, 7) is 0. The Kier molecular flexibility index (Phi) is 4.15. The van der Waals surface area contributed by atoms with Gasteiger partial charge in [0, 0.05) is 18.0 Å². The van der Waals surface area contributed by atoms with Crippen molar-refractivity contribution in [1.29, 1.82) is 0 Å². The fourth-order valence-corrected chi connectivity index (χ4v) is 3.47. The van der Waals surface area contributed by atoms with Crippen molar-refractivity contribution in [1.82, 2.24) is 4.90 Å². The Labute approximate surface area is 135 Å². The molecule has 23 heavy (non-hydrogen) atoms. The minimum Gasteiger partial charge on any atom is -0.493 e. The SMILES string of the molecule is COc1cccc(C2C(C(=O)O)CCC(=O)N2C2CC2)c1OC. The molecule has 124 valence electrons. The van der Waals surface area contributed by atoms with Crippen molar-refractivity contribution in [3.8, 4) is 11.5 Å². The standard InChI is InChI=1S/C17H21NO5/c1-22-13-5-3-4-11(16(13)23-2)15-12(17(20)21)8-9-14(19)18(15)10-6-7-10/h3-5,10,12,15H,6-9H2,1-2H3,(H,20,21). The van der Waals surface area contributed by atoms with Gasteiger partial charge in [0.25, 0.3) is 0 Å². The number of carboxylic acid groups (broad SMARTS) is 1. The zero-order valence-electron chi connectivity index (χ0n) is 13.3. The Morgan fingerprint density at radius 2 is 1.96 bits per heavy atom. The van der Waals surface area contributed by atoms with Crippen LogP contribution in [0.15, 0.2) is 18.2 Å². The number of benzene rings is 1. The summed E-state index contributed by atoms with van der Waals surface area (Å²) in [6, 6.07) is 5.04. The average Bonchev–Trinajstić information content (AvgIpc) is 3.37. The van der Waals surface area contributed by atoms with E-state index in [1.807, 2.05) is 6.07 Å². The number of hydrogen-bond donors (Lipinski definition) is 1. The van der Waals surface area contributed by atoms with Gasteiger partial charge in [-0.2, -0.15) is 0 Å². The predicted octanol–water partition coefficient (Wildman–Crippen LogP) is 2.23. The van der Waals surface area contributed by atoms with Crippen LogP contribution in [0.5, 0.6) is 11.5 Å². The van der Waals surface area contributed by atoms with E-state index >= 15 is 0 Å². The van der Waals surface area contributed by atoms with Gasteiger partial charge < -0.3 is 19.5 Å². The smallest absolute Gasteiger partial charge is 0.308 e. The highest BCUT2D eigenvalue weighted by Gasteiger charge is 2.47. The van der Waals surface area contributed by atoms with Gasteiger partial charge in [-0.3, -0.25) is 9.59 Å². The molecule has 1 amide bonds. The van der Waals surface area contributed by atoms with Crippen molar-refractivity contribution in [2.75, 3.05) is 14.2 Å². The molecule has 2 fully saturated rings. The van der Waals surface area contributed by atoms with Crippen LogP contribution in [0, 0.1) is 5.92 Å². The molecular formula is C17H21NO5. The maximum Gasteiger partial charge on any atom is 0.308 e. The van der Waals surface area contributed by atoms with E-state index in [1.165, 1.54) is 7.11 Å². The first kappa shape index (κ1) is 15.6. The lowest BCUT2D eigenvalue weighted by Gasteiger charge is -2.40. The number of rotatable bonds is 5. The first-order valence-electron chi connectivity index (χ1n) is 7.83. The molecule has 1 aromatic carbocycles. The number of nitrogens with zero attached hydrogens (tertiary/aromatic N) is 1. The molecule has 0 aromatic heterocycles. The first-order chi connectivity index (χ1) is 11.1. The van der Waals surface area contributed by atoms with Crippen LogP contribution in [-0.2, 0) is 9.59 Å². The number of para-hydroxylation sites is 1. The van der Waals surface area contributed by atoms with Crippen molar-refractivity contribution in [2.24, 2.45) is 5.92 Å². The molecule has 2 unspecified atom stereocenters. The lowest BCUT2D eigenvalue weighted by atomic mass is 9.83. The second kappa shape index (κ2) is 6.10. The van der Waals surface area contributed by atoms with Gasteiger partial charge in [0.1, 0.15) is 0 Å². The summed E-state index contributed by atoms with van der Waals surface area (Å²) in [5.74, 6) is -0.429. The fourth-order valence-electron chi connectivity index (χ4n) is 3.47. The molecule has 1 aliphatic carbocycles. The number of carbonyl (C=O) groups excluding carboxylic acids is 1. The quantitative estimate of drug-likeness (QED) is 0.900. The van der Waals surface area contributed by atoms with Crippen LogP contribution in [0.25, 0.3) is 0 Å². The lowest BCUT2D eigenvalue weighted by Crippen LogP contribution is -2.46. The number of likely N-dealkylation sites (tertiary alicyclic amines) is 1. The third kappa shape index (κ3) is 2.73. The Hall–Kier alpha value is -2.24. The highest BCUT2D eigenvalue weighted by molar-refractivity contribution is 5.82. The average molecular weight is 319 g/mol. The van der Waals surface area contributed by atoms with Crippen molar-refractivity contribution >= 4 is 11.9 Å². The first-order valence-corrected chi connectivity index (χ1v) is 7.83. The summed E-state index contributed by atoms with van der Waals surface area (Å²) in [6.07, 6.45) is 2.50. The molecule has 1 N–H and O–H groups in total. The summed E-state index contributed by atoms with van der Waals surface area (Å²) in [4.78, 5) is 26.0. The predicted molar refractivity (Wildman–Crippen MR) is 82.5 cm³/mol. The van der Waals surface area contributed by atoms with E-state index in [0.29, 0.717) is 23.5 Å². The fraction of sp³-hybridized carbons (Fsp3) is 0.529. The van der Waals surface area contributed by atoms with Crippen LogP contribution in [0.2, 0.25) is 0 Å². The van der Waals surface area contributed by atoms with Crippen LogP contribution in [-0.4, -0.2) is 42.1 Å². The van der Waals surface area contributed by atoms with E-state index in [-0.39, 0.29) is 18.4 Å². The molecule has 1 aromatic rings. The molecule has 2 atom stereocenters. The van der Waals surface area contributed by atoms with Crippen LogP contribution in [0.4, 0.5) is 0 Å². The Morgan fingerprint density at radius 1 is 1.22 bits per heavy atom. The number of ether oxygens (including phenoxy) is 2. The van der Waals surface area contributed by atoms with E-state index in [9.17, 15) is 14.7 Å². The number of amides is 1. The number of piperidine rings is 1. The highest BCUT2D eigenvalue weighted by atomic mass is 16.5. The lowest BCUT2D eigenvalue weighted by molar-refractivity contribution is -0.152. The molecule has 3 rings (SSSR count). The summed E-state index contributed by atoms with van der Waals surface area (Å²) in [5.41, 5.74) is 0.708. The van der Waals surface area contributed by atoms with Crippen molar-refractivity contribution in [3.63, 3.8) is 0 Å². The van der Waals surface area contributed by atoms with E-state index in [4.69, 9.17) is 9.47 Å². The molecule has 0 spiro atoms. The highest BCUT2D eigenvalue weighted by Crippen LogP contribution is 2.47. The molecule has 6 nitrogen and oxygen atoms in total. The molecule has 0 bridgehead atoms. The Balaban J connectivity index is 2.11.